The number of hydrazine groups is 2. The van der Waals surface area contributed by atoms with Gasteiger partial charge in [0.15, 0.2) is 0 Å². The highest BCUT2D eigenvalue weighted by atomic mass is 16.5. The van der Waals surface area contributed by atoms with E-state index in [0.717, 1.165) is 61.0 Å². The van der Waals surface area contributed by atoms with Crippen molar-refractivity contribution in [3.63, 3.8) is 0 Å². The average Bonchev–Trinajstić information content (AvgIpc) is 2.90. The van der Waals surface area contributed by atoms with E-state index in [2.05, 4.69) is 10.4 Å². The quantitative estimate of drug-likeness (QED) is 0.812. The van der Waals surface area contributed by atoms with E-state index in [-0.39, 0.29) is 0 Å². The van der Waals surface area contributed by atoms with Gasteiger partial charge in [-0.2, -0.15) is 5.12 Å². The van der Waals surface area contributed by atoms with Crippen molar-refractivity contribution in [3.8, 4) is 5.75 Å². The van der Waals surface area contributed by atoms with Crippen molar-refractivity contribution in [2.45, 2.75) is 32.2 Å². The molecular formula is C18H24N4O3. The molecule has 3 rings (SSSR count). The highest BCUT2D eigenvalue weighted by Crippen LogP contribution is 2.22. The van der Waals surface area contributed by atoms with Crippen molar-refractivity contribution < 1.29 is 14.6 Å². The monoisotopic (exact) mass is 344 g/mol. The lowest BCUT2D eigenvalue weighted by molar-refractivity contribution is -0.0472. The van der Waals surface area contributed by atoms with E-state index in [4.69, 9.17) is 4.74 Å². The number of fused-ring (bicyclic) bond motifs is 1. The fourth-order valence-corrected chi connectivity index (χ4v) is 3.17. The Bertz CT molecular complexity index is 729. The van der Waals surface area contributed by atoms with Crippen LogP contribution in [0.3, 0.4) is 0 Å². The molecule has 2 aromatic rings. The number of aromatic nitrogens is 1. The zero-order chi connectivity index (χ0) is 17.6. The molecule has 7 heteroatoms. The molecule has 1 aromatic heterocycles. The van der Waals surface area contributed by atoms with Gasteiger partial charge in [-0.3, -0.25) is 4.98 Å². The summed E-state index contributed by atoms with van der Waals surface area (Å²) in [5.41, 5.74) is 4.89. The summed E-state index contributed by atoms with van der Waals surface area (Å²) in [4.78, 5) is 16.0. The predicted octanol–water partition coefficient (Wildman–Crippen LogP) is 3.02. The largest absolute Gasteiger partial charge is 0.497 e. The fraction of sp³-hybridized carbons (Fsp3) is 0.444. The van der Waals surface area contributed by atoms with Gasteiger partial charge in [-0.25, -0.2) is 15.2 Å². The third-order valence-corrected chi connectivity index (χ3v) is 4.50. The maximum Gasteiger partial charge on any atom is 0.437 e. The van der Waals surface area contributed by atoms with Crippen LogP contribution in [-0.4, -0.2) is 46.5 Å². The number of nitrogens with zero attached hydrogens (tertiary/aromatic N) is 3. The van der Waals surface area contributed by atoms with Crippen LogP contribution in [0.4, 0.5) is 4.79 Å². The molecule has 7 nitrogen and oxygen atoms in total. The van der Waals surface area contributed by atoms with Crippen molar-refractivity contribution in [3.05, 3.63) is 36.0 Å². The lowest BCUT2D eigenvalue weighted by atomic mass is 10.1. The molecule has 0 unspecified atom stereocenters. The van der Waals surface area contributed by atoms with Gasteiger partial charge < -0.3 is 9.84 Å². The number of amides is 1. The zero-order valence-electron chi connectivity index (χ0n) is 14.4. The van der Waals surface area contributed by atoms with Crippen LogP contribution in [0.15, 0.2) is 30.5 Å². The minimum Gasteiger partial charge on any atom is -0.497 e. The van der Waals surface area contributed by atoms with Gasteiger partial charge in [0.2, 0.25) is 0 Å². The molecule has 0 bridgehead atoms. The minimum atomic E-state index is -0.988. The number of pyridine rings is 1. The van der Waals surface area contributed by atoms with Crippen molar-refractivity contribution in [2.75, 3.05) is 20.2 Å². The number of methoxy groups -OCH3 is 1. The highest BCUT2D eigenvalue weighted by Gasteiger charge is 2.22. The lowest BCUT2D eigenvalue weighted by Gasteiger charge is -2.31. The Hall–Kier alpha value is -2.38. The molecule has 25 heavy (non-hydrogen) atoms. The number of rotatable bonds is 5. The number of hydrogen-bond donors (Lipinski definition) is 2. The molecule has 1 fully saturated rings. The summed E-state index contributed by atoms with van der Waals surface area (Å²) in [6.07, 6.45) is 5.08. The SMILES string of the molecule is COc1ccc2nccc(CNN(C(=O)O)N3CCCCCC3)c2c1. The number of nitrogens with one attached hydrogen (secondary N) is 1. The fourth-order valence-electron chi connectivity index (χ4n) is 3.17. The normalized spacial score (nSPS) is 15.7. The Balaban J connectivity index is 1.78. The predicted molar refractivity (Wildman–Crippen MR) is 95.0 cm³/mol. The Morgan fingerprint density at radius 1 is 1.28 bits per heavy atom. The molecule has 2 heterocycles. The van der Waals surface area contributed by atoms with E-state index in [1.807, 2.05) is 29.3 Å². The molecular weight excluding hydrogens is 320 g/mol. The molecule has 0 saturated carbocycles. The first kappa shape index (κ1) is 17.4. The van der Waals surface area contributed by atoms with E-state index in [1.165, 1.54) is 5.12 Å². The molecule has 0 radical (unpaired) electrons. The number of hydrogen-bond acceptors (Lipinski definition) is 5. The van der Waals surface area contributed by atoms with Crippen LogP contribution in [0.5, 0.6) is 5.75 Å². The summed E-state index contributed by atoms with van der Waals surface area (Å²) >= 11 is 0. The van der Waals surface area contributed by atoms with Gasteiger partial charge in [-0.05, 0) is 42.7 Å². The summed E-state index contributed by atoms with van der Waals surface area (Å²) < 4.78 is 5.29. The van der Waals surface area contributed by atoms with Gasteiger partial charge in [0.1, 0.15) is 5.75 Å². The second-order valence-corrected chi connectivity index (χ2v) is 6.15. The molecule has 134 valence electrons. The van der Waals surface area contributed by atoms with Crippen LogP contribution in [0.2, 0.25) is 0 Å². The number of carboxylic acid groups (broad SMARTS) is 1. The zero-order valence-corrected chi connectivity index (χ0v) is 14.4. The van der Waals surface area contributed by atoms with Gasteiger partial charge in [0, 0.05) is 31.2 Å². The van der Waals surface area contributed by atoms with Crippen LogP contribution in [0.25, 0.3) is 10.9 Å². The van der Waals surface area contributed by atoms with Crippen LogP contribution >= 0.6 is 0 Å². The van der Waals surface area contributed by atoms with E-state index >= 15 is 0 Å². The second kappa shape index (κ2) is 8.13. The molecule has 1 aliphatic rings. The van der Waals surface area contributed by atoms with Gasteiger partial charge in [0.05, 0.1) is 12.6 Å². The smallest absolute Gasteiger partial charge is 0.437 e. The van der Waals surface area contributed by atoms with E-state index in [0.29, 0.717) is 6.54 Å². The van der Waals surface area contributed by atoms with Crippen LogP contribution in [0, 0.1) is 0 Å². The first-order chi connectivity index (χ1) is 12.2. The lowest BCUT2D eigenvalue weighted by Crippen LogP contribution is -2.53. The topological polar surface area (TPSA) is 77.9 Å². The molecule has 1 saturated heterocycles. The molecule has 0 atom stereocenters. The molecule has 0 spiro atoms. The third kappa shape index (κ3) is 4.18. The van der Waals surface area contributed by atoms with Gasteiger partial charge in [-0.1, -0.05) is 12.8 Å². The Kier molecular flexibility index (Phi) is 5.67. The Labute approximate surface area is 147 Å². The average molecular weight is 344 g/mol. The third-order valence-electron chi connectivity index (χ3n) is 4.50. The summed E-state index contributed by atoms with van der Waals surface area (Å²) in [5, 5.41) is 13.6. The van der Waals surface area contributed by atoms with Crippen LogP contribution in [-0.2, 0) is 6.54 Å². The molecule has 2 N–H and O–H groups in total. The number of carbonyl (C=O) groups is 1. The molecule has 0 aliphatic carbocycles. The first-order valence-corrected chi connectivity index (χ1v) is 8.62. The number of benzene rings is 1. The van der Waals surface area contributed by atoms with Crippen molar-refractivity contribution in [1.29, 1.82) is 0 Å². The summed E-state index contributed by atoms with van der Waals surface area (Å²) in [7, 11) is 1.63. The first-order valence-electron chi connectivity index (χ1n) is 8.62. The molecule has 1 amide bonds. The summed E-state index contributed by atoms with van der Waals surface area (Å²) in [6, 6.07) is 7.60. The number of ether oxygens (including phenoxy) is 1. The van der Waals surface area contributed by atoms with Gasteiger partial charge in [-0.15, -0.1) is 0 Å². The standard InChI is InChI=1S/C18H24N4O3/c1-25-15-6-7-17-16(12-15)14(8-9-19-17)13-20-22(18(23)24)21-10-4-2-3-5-11-21/h6-9,12,20H,2-5,10-11,13H2,1H3,(H,23,24). The second-order valence-electron chi connectivity index (χ2n) is 6.15. The van der Waals surface area contributed by atoms with Crippen molar-refractivity contribution in [1.82, 2.24) is 20.5 Å². The van der Waals surface area contributed by atoms with E-state index in [9.17, 15) is 9.90 Å². The Morgan fingerprint density at radius 2 is 2.04 bits per heavy atom. The van der Waals surface area contributed by atoms with Crippen LogP contribution in [0.1, 0.15) is 31.2 Å². The van der Waals surface area contributed by atoms with E-state index in [1.54, 1.807) is 13.3 Å². The highest BCUT2D eigenvalue weighted by molar-refractivity contribution is 5.83. The summed E-state index contributed by atoms with van der Waals surface area (Å²) in [5.74, 6) is 0.754. The maximum absolute atomic E-state index is 11.7. The van der Waals surface area contributed by atoms with E-state index < -0.39 is 6.09 Å². The summed E-state index contributed by atoms with van der Waals surface area (Å²) in [6.45, 7) is 1.91. The molecule has 1 aromatic carbocycles. The molecule has 1 aliphatic heterocycles. The van der Waals surface area contributed by atoms with Crippen LogP contribution < -0.4 is 10.2 Å². The van der Waals surface area contributed by atoms with Crippen molar-refractivity contribution >= 4 is 17.0 Å². The van der Waals surface area contributed by atoms with Crippen molar-refractivity contribution in [2.24, 2.45) is 0 Å². The minimum absolute atomic E-state index is 0.398. The van der Waals surface area contributed by atoms with Gasteiger partial charge >= 0.3 is 6.09 Å². The van der Waals surface area contributed by atoms with Gasteiger partial charge in [0.25, 0.3) is 0 Å². The Morgan fingerprint density at radius 3 is 2.72 bits per heavy atom. The maximum atomic E-state index is 11.7.